The van der Waals surface area contributed by atoms with Crippen LogP contribution in [0.25, 0.3) is 0 Å². The first-order valence-electron chi connectivity index (χ1n) is 12.1. The molecule has 2 amide bonds. The summed E-state index contributed by atoms with van der Waals surface area (Å²) in [5.74, 6) is -6.00. The molecule has 2 unspecified atom stereocenters. The van der Waals surface area contributed by atoms with Gasteiger partial charge in [0.15, 0.2) is 11.6 Å². The average Bonchev–Trinajstić information content (AvgIpc) is 2.94. The van der Waals surface area contributed by atoms with E-state index in [1.807, 2.05) is 0 Å². The van der Waals surface area contributed by atoms with Crippen molar-refractivity contribution in [3.05, 3.63) is 83.9 Å². The predicted molar refractivity (Wildman–Crippen MR) is 143 cm³/mol. The molecule has 0 bridgehead atoms. The third kappa shape index (κ3) is 8.05. The van der Waals surface area contributed by atoms with Gasteiger partial charge in [-0.3, -0.25) is 19.2 Å². The highest BCUT2D eigenvalue weighted by Gasteiger charge is 2.25. The zero-order valence-corrected chi connectivity index (χ0v) is 22.1. The molecule has 42 heavy (non-hydrogen) atoms. The van der Waals surface area contributed by atoms with E-state index >= 15 is 0 Å². The van der Waals surface area contributed by atoms with E-state index in [2.05, 4.69) is 31.1 Å². The maximum Gasteiger partial charge on any atom is 0.258 e. The minimum atomic E-state index is -1.58. The molecular formula is C28H22N6O8-2. The van der Waals surface area contributed by atoms with Gasteiger partial charge in [-0.15, -0.1) is 0 Å². The van der Waals surface area contributed by atoms with Gasteiger partial charge in [-0.05, 0) is 50.2 Å². The number of carbonyl (C=O) groups excluding carboxylic acids is 6. The molecule has 214 valence electrons. The van der Waals surface area contributed by atoms with Crippen LogP contribution < -0.4 is 20.8 Å². The van der Waals surface area contributed by atoms with E-state index in [0.717, 1.165) is 13.8 Å². The number of hydrogen-bond acceptors (Lipinski definition) is 12. The first kappa shape index (κ1) is 30.6. The van der Waals surface area contributed by atoms with Crippen LogP contribution in [0.5, 0.6) is 0 Å². The molecule has 0 radical (unpaired) electrons. The molecule has 3 aromatic rings. The number of hydrogen-bond donors (Lipinski definition) is 2. The summed E-state index contributed by atoms with van der Waals surface area (Å²) in [6.07, 6.45) is 0. The second-order valence-corrected chi connectivity index (χ2v) is 8.62. The molecule has 0 aliphatic heterocycles. The summed E-state index contributed by atoms with van der Waals surface area (Å²) in [4.78, 5) is 71.9. The zero-order chi connectivity index (χ0) is 30.8. The number of azo groups is 2. The number of nitrogens with zero attached hydrogens (tertiary/aromatic N) is 4. The Morgan fingerprint density at radius 3 is 1.21 bits per heavy atom. The third-order valence-corrected chi connectivity index (χ3v) is 5.50. The van der Waals surface area contributed by atoms with Gasteiger partial charge in [0.05, 0.1) is 23.3 Å². The third-order valence-electron chi connectivity index (χ3n) is 5.50. The minimum Gasteiger partial charge on any atom is -0.545 e. The second-order valence-electron chi connectivity index (χ2n) is 8.62. The van der Waals surface area contributed by atoms with Crippen LogP contribution in [-0.2, 0) is 19.2 Å². The van der Waals surface area contributed by atoms with E-state index in [1.165, 1.54) is 72.8 Å². The maximum atomic E-state index is 12.7. The topological polar surface area (TPSA) is 222 Å². The Labute approximate surface area is 238 Å². The Balaban J connectivity index is 1.69. The predicted octanol–water partition coefficient (Wildman–Crippen LogP) is 1.77. The molecule has 0 fully saturated rings. The van der Waals surface area contributed by atoms with Gasteiger partial charge in [-0.1, -0.05) is 36.4 Å². The van der Waals surface area contributed by atoms with Crippen molar-refractivity contribution in [1.82, 2.24) is 0 Å². The summed E-state index contributed by atoms with van der Waals surface area (Å²) in [6.45, 7) is 2.24. The fourth-order valence-electron chi connectivity index (χ4n) is 3.40. The van der Waals surface area contributed by atoms with Crippen LogP contribution in [0.4, 0.5) is 22.7 Å². The second kappa shape index (κ2) is 13.9. The van der Waals surface area contributed by atoms with Crippen molar-refractivity contribution in [2.75, 3.05) is 10.6 Å². The Bertz CT molecular complexity index is 1480. The van der Waals surface area contributed by atoms with E-state index in [4.69, 9.17) is 0 Å². The molecule has 0 aliphatic carbocycles. The molecule has 14 heteroatoms. The van der Waals surface area contributed by atoms with Crippen molar-refractivity contribution < 1.29 is 39.0 Å². The van der Waals surface area contributed by atoms with E-state index in [9.17, 15) is 39.0 Å². The molecule has 0 spiro atoms. The summed E-state index contributed by atoms with van der Waals surface area (Å²) < 4.78 is 0. The number of carboxylic acid groups (broad SMARTS) is 2. The largest absolute Gasteiger partial charge is 0.545 e. The molecule has 3 rings (SSSR count). The number of ketones is 2. The number of nitrogens with one attached hydrogen (secondary N) is 2. The van der Waals surface area contributed by atoms with Crippen LogP contribution in [0, 0.1) is 0 Å². The summed E-state index contributed by atoms with van der Waals surface area (Å²) in [5, 5.41) is 42.3. The lowest BCUT2D eigenvalue weighted by molar-refractivity contribution is -0.256. The smallest absolute Gasteiger partial charge is 0.258 e. The SMILES string of the molecule is CC(=O)C(N=Nc1ccccc1C(=O)[O-])C(=O)Nc1ccc(NC(=O)C(N=Nc2ccccc2C(=O)[O-])C(C)=O)cc1. The molecule has 2 atom stereocenters. The van der Waals surface area contributed by atoms with Gasteiger partial charge >= 0.3 is 0 Å². The van der Waals surface area contributed by atoms with Gasteiger partial charge in [0, 0.05) is 22.5 Å². The number of aromatic carboxylic acids is 2. The van der Waals surface area contributed by atoms with Crippen LogP contribution in [0.15, 0.2) is 93.3 Å². The number of anilines is 2. The number of benzene rings is 3. The lowest BCUT2D eigenvalue weighted by atomic mass is 10.1. The van der Waals surface area contributed by atoms with Gasteiger partial charge in [0.2, 0.25) is 12.1 Å². The van der Waals surface area contributed by atoms with Crippen LogP contribution >= 0.6 is 0 Å². The Morgan fingerprint density at radius 2 is 0.905 bits per heavy atom. The number of Topliss-reactive ketones (excluding diaryl/α,β-unsaturated/α-hetero) is 2. The molecular weight excluding hydrogens is 548 g/mol. The fraction of sp³-hybridized carbons (Fsp3) is 0.143. The zero-order valence-electron chi connectivity index (χ0n) is 22.1. The van der Waals surface area contributed by atoms with Crippen LogP contribution in [-0.4, -0.2) is 47.4 Å². The maximum absolute atomic E-state index is 12.7. The molecule has 3 aromatic carbocycles. The van der Waals surface area contributed by atoms with E-state index in [0.29, 0.717) is 0 Å². The van der Waals surface area contributed by atoms with Crippen molar-refractivity contribution in [2.24, 2.45) is 20.5 Å². The Morgan fingerprint density at radius 1 is 0.571 bits per heavy atom. The highest BCUT2D eigenvalue weighted by Crippen LogP contribution is 2.21. The summed E-state index contributed by atoms with van der Waals surface area (Å²) in [5.41, 5.74) is -0.284. The van der Waals surface area contributed by atoms with Crippen molar-refractivity contribution >= 4 is 58.1 Å². The molecule has 0 saturated heterocycles. The Kier molecular flexibility index (Phi) is 10.2. The number of rotatable bonds is 12. The van der Waals surface area contributed by atoms with Gasteiger partial charge in [0.1, 0.15) is 0 Å². The van der Waals surface area contributed by atoms with Crippen LogP contribution in [0.2, 0.25) is 0 Å². The minimum absolute atomic E-state index is 0.0943. The van der Waals surface area contributed by atoms with Gasteiger partial charge in [-0.25, -0.2) is 0 Å². The lowest BCUT2D eigenvalue weighted by Gasteiger charge is -2.12. The first-order valence-corrected chi connectivity index (χ1v) is 12.1. The average molecular weight is 571 g/mol. The fourth-order valence-corrected chi connectivity index (χ4v) is 3.40. The molecule has 0 saturated carbocycles. The van der Waals surface area contributed by atoms with Gasteiger partial charge in [0.25, 0.3) is 11.8 Å². The number of amides is 2. The lowest BCUT2D eigenvalue weighted by Crippen LogP contribution is -2.32. The van der Waals surface area contributed by atoms with E-state index in [-0.39, 0.29) is 33.9 Å². The van der Waals surface area contributed by atoms with E-state index in [1.54, 1.807) is 0 Å². The first-order chi connectivity index (χ1) is 20.0. The highest BCUT2D eigenvalue weighted by molar-refractivity contribution is 6.11. The van der Waals surface area contributed by atoms with Crippen molar-refractivity contribution in [1.29, 1.82) is 0 Å². The van der Waals surface area contributed by atoms with E-state index < -0.39 is 47.4 Å². The standard InChI is InChI=1S/C28H24N6O8/c1-15(35)23(33-31-21-9-5-3-7-19(21)27(39)40)25(37)29-17-11-13-18(14-12-17)30-26(38)24(16(2)36)34-32-22-10-6-4-8-20(22)28(41)42/h3-14,23-24H,1-2H3,(H,29,37)(H,30,38)(H,39,40)(H,41,42)/p-2. The molecule has 2 N–H and O–H groups in total. The monoisotopic (exact) mass is 570 g/mol. The molecule has 0 aliphatic rings. The number of carboxylic acids is 2. The Hall–Kier alpha value is -5.92. The summed E-state index contributed by atoms with van der Waals surface area (Å²) in [7, 11) is 0. The number of carbonyl (C=O) groups is 6. The highest BCUT2D eigenvalue weighted by atomic mass is 16.4. The molecule has 0 heterocycles. The molecule has 0 aromatic heterocycles. The van der Waals surface area contributed by atoms with Crippen molar-refractivity contribution in [3.8, 4) is 0 Å². The normalized spacial score (nSPS) is 12.4. The van der Waals surface area contributed by atoms with Crippen molar-refractivity contribution in [2.45, 2.75) is 25.9 Å². The van der Waals surface area contributed by atoms with Crippen molar-refractivity contribution in [3.63, 3.8) is 0 Å². The molecule has 14 nitrogen and oxygen atoms in total. The summed E-state index contributed by atoms with van der Waals surface area (Å²) >= 11 is 0. The summed E-state index contributed by atoms with van der Waals surface area (Å²) in [6, 6.07) is 13.5. The van der Waals surface area contributed by atoms with Gasteiger partial charge < -0.3 is 30.4 Å². The van der Waals surface area contributed by atoms with Crippen LogP contribution in [0.3, 0.4) is 0 Å². The quantitative estimate of drug-likeness (QED) is 0.240. The van der Waals surface area contributed by atoms with Gasteiger partial charge in [-0.2, -0.15) is 20.5 Å². The van der Waals surface area contributed by atoms with Crippen LogP contribution in [0.1, 0.15) is 34.6 Å².